The van der Waals surface area contributed by atoms with Gasteiger partial charge in [0.1, 0.15) is 10.8 Å². The van der Waals surface area contributed by atoms with E-state index in [1.807, 2.05) is 45.9 Å². The van der Waals surface area contributed by atoms with Crippen molar-refractivity contribution in [1.29, 1.82) is 0 Å². The van der Waals surface area contributed by atoms with Crippen molar-refractivity contribution in [3.63, 3.8) is 0 Å². The molecule has 4 N–H and O–H groups in total. The summed E-state index contributed by atoms with van der Waals surface area (Å²) in [7, 11) is 0. The topological polar surface area (TPSA) is 93.4 Å². The number of anilines is 1. The number of thiophene rings is 1. The van der Waals surface area contributed by atoms with Gasteiger partial charge in [0.05, 0.1) is 5.56 Å². The van der Waals surface area contributed by atoms with Gasteiger partial charge >= 0.3 is 0 Å². The molecule has 0 unspecified atom stereocenters. The summed E-state index contributed by atoms with van der Waals surface area (Å²) in [6.07, 6.45) is 0. The van der Waals surface area contributed by atoms with Crippen molar-refractivity contribution in [1.82, 2.24) is 5.32 Å². The summed E-state index contributed by atoms with van der Waals surface area (Å²) in [5.41, 5.74) is 8.60. The van der Waals surface area contributed by atoms with E-state index in [2.05, 4.69) is 10.6 Å². The third-order valence-corrected chi connectivity index (χ3v) is 5.14. The number of amides is 2. The molecule has 0 radical (unpaired) electrons. The maximum absolute atomic E-state index is 12.1. The van der Waals surface area contributed by atoms with Gasteiger partial charge in [0.25, 0.3) is 11.8 Å². The molecule has 0 aliphatic carbocycles. The van der Waals surface area contributed by atoms with E-state index in [1.54, 1.807) is 0 Å². The largest absolute Gasteiger partial charge is 0.483 e. The number of aryl methyl sites for hydroxylation is 3. The van der Waals surface area contributed by atoms with Crippen molar-refractivity contribution in [3.8, 4) is 5.75 Å². The van der Waals surface area contributed by atoms with Crippen LogP contribution in [0.1, 0.15) is 31.9 Å². The Kier molecular flexibility index (Phi) is 6.33. The lowest BCUT2D eigenvalue weighted by Gasteiger charge is -2.12. The van der Waals surface area contributed by atoms with Gasteiger partial charge in [-0.05, 0) is 62.7 Å². The first kappa shape index (κ1) is 19.9. The lowest BCUT2D eigenvalue weighted by molar-refractivity contribution is -0.121. The van der Waals surface area contributed by atoms with Gasteiger partial charge in [0.2, 0.25) is 0 Å². The second-order valence-corrected chi connectivity index (χ2v) is 7.54. The number of hydrogen-bond donors (Lipinski definition) is 3. The van der Waals surface area contributed by atoms with Crippen LogP contribution in [0.5, 0.6) is 5.75 Å². The summed E-state index contributed by atoms with van der Waals surface area (Å²) in [4.78, 5) is 24.6. The number of primary amides is 1. The maximum Gasteiger partial charge on any atom is 0.264 e. The summed E-state index contributed by atoms with van der Waals surface area (Å²) >= 11 is 6.50. The minimum absolute atomic E-state index is 0.0864. The Hall–Kier alpha value is -2.45. The Morgan fingerprint density at radius 3 is 2.58 bits per heavy atom. The Balaban J connectivity index is 1.96. The highest BCUT2D eigenvalue weighted by Gasteiger charge is 2.18. The van der Waals surface area contributed by atoms with E-state index in [1.165, 1.54) is 11.3 Å². The molecule has 1 aromatic carbocycles. The number of benzene rings is 1. The fourth-order valence-electron chi connectivity index (χ4n) is 2.31. The van der Waals surface area contributed by atoms with Crippen LogP contribution >= 0.6 is 23.6 Å². The van der Waals surface area contributed by atoms with E-state index >= 15 is 0 Å². The number of carbonyl (C=O) groups is 2. The minimum atomic E-state index is -0.540. The minimum Gasteiger partial charge on any atom is -0.483 e. The summed E-state index contributed by atoms with van der Waals surface area (Å²) < 4.78 is 5.54. The van der Waals surface area contributed by atoms with Crippen LogP contribution in [0, 0.1) is 27.7 Å². The molecule has 2 aromatic rings. The molecule has 1 aromatic heterocycles. The van der Waals surface area contributed by atoms with Crippen molar-refractivity contribution in [2.24, 2.45) is 5.73 Å². The lowest BCUT2D eigenvalue weighted by atomic mass is 10.1. The molecule has 8 heteroatoms. The van der Waals surface area contributed by atoms with Gasteiger partial charge in [-0.1, -0.05) is 12.1 Å². The quantitative estimate of drug-likeness (QED) is 0.682. The Labute approximate surface area is 161 Å². The smallest absolute Gasteiger partial charge is 0.264 e. The van der Waals surface area contributed by atoms with E-state index in [9.17, 15) is 9.59 Å². The molecule has 0 bridgehead atoms. The predicted octanol–water partition coefficient (Wildman–Crippen LogP) is 2.97. The number of hydrogen-bond acceptors (Lipinski definition) is 5. The summed E-state index contributed by atoms with van der Waals surface area (Å²) in [6.45, 7) is 7.39. The fraction of sp³-hybridized carbons (Fsp3) is 0.278. The van der Waals surface area contributed by atoms with E-state index in [4.69, 9.17) is 22.7 Å². The van der Waals surface area contributed by atoms with Crippen LogP contribution in [0.25, 0.3) is 0 Å². The average molecular weight is 392 g/mol. The Bertz CT molecular complexity index is 875. The van der Waals surface area contributed by atoms with Gasteiger partial charge in [-0.15, -0.1) is 11.3 Å². The first-order chi connectivity index (χ1) is 12.2. The number of carbonyl (C=O) groups excluding carboxylic acids is 2. The molecule has 0 atom stereocenters. The molecular weight excluding hydrogens is 370 g/mol. The van der Waals surface area contributed by atoms with Crippen LogP contribution in [0.4, 0.5) is 5.00 Å². The third kappa shape index (κ3) is 4.80. The molecule has 2 rings (SSSR count). The van der Waals surface area contributed by atoms with Crippen LogP contribution in [0.15, 0.2) is 18.2 Å². The first-order valence-electron chi connectivity index (χ1n) is 7.89. The zero-order chi connectivity index (χ0) is 19.4. The highest BCUT2D eigenvalue weighted by Crippen LogP contribution is 2.31. The Morgan fingerprint density at radius 2 is 1.92 bits per heavy atom. The second-order valence-electron chi connectivity index (χ2n) is 5.91. The molecule has 2 amide bonds. The summed E-state index contributed by atoms with van der Waals surface area (Å²) in [5.74, 6) is -0.282. The van der Waals surface area contributed by atoms with Crippen molar-refractivity contribution in [2.75, 3.05) is 11.9 Å². The average Bonchev–Trinajstić information content (AvgIpc) is 2.82. The molecule has 138 valence electrons. The zero-order valence-corrected chi connectivity index (χ0v) is 16.7. The van der Waals surface area contributed by atoms with Gasteiger partial charge in [-0.25, -0.2) is 0 Å². The monoisotopic (exact) mass is 391 g/mol. The number of nitrogens with one attached hydrogen (secondary N) is 2. The Morgan fingerprint density at radius 1 is 1.23 bits per heavy atom. The molecule has 0 saturated heterocycles. The van der Waals surface area contributed by atoms with Gasteiger partial charge in [0, 0.05) is 4.88 Å². The number of thiocarbonyl (C=S) groups is 1. The lowest BCUT2D eigenvalue weighted by Crippen LogP contribution is -2.37. The number of ether oxygens (including phenoxy) is 1. The number of rotatable bonds is 5. The van der Waals surface area contributed by atoms with Crippen LogP contribution in [-0.2, 0) is 4.79 Å². The third-order valence-electron chi connectivity index (χ3n) is 3.81. The summed E-state index contributed by atoms with van der Waals surface area (Å²) in [6, 6.07) is 5.78. The maximum atomic E-state index is 12.1. The molecular formula is C18H21N3O3S2. The normalized spacial score (nSPS) is 10.3. The van der Waals surface area contributed by atoms with E-state index in [0.29, 0.717) is 16.3 Å². The van der Waals surface area contributed by atoms with Crippen molar-refractivity contribution in [3.05, 3.63) is 45.3 Å². The SMILES string of the molecule is Cc1ccc(C)c(OCC(=O)NC(=S)Nc2sc(C)c(C)c2C(N)=O)c1. The van der Waals surface area contributed by atoms with Crippen LogP contribution < -0.4 is 21.1 Å². The molecule has 0 aliphatic rings. The molecule has 0 spiro atoms. The van der Waals surface area contributed by atoms with Crippen molar-refractivity contribution < 1.29 is 14.3 Å². The van der Waals surface area contributed by atoms with Gasteiger partial charge < -0.3 is 15.8 Å². The van der Waals surface area contributed by atoms with Gasteiger partial charge in [0.15, 0.2) is 11.7 Å². The predicted molar refractivity (Wildman–Crippen MR) is 108 cm³/mol. The molecule has 6 nitrogen and oxygen atoms in total. The second kappa shape index (κ2) is 8.29. The summed E-state index contributed by atoms with van der Waals surface area (Å²) in [5, 5.41) is 6.01. The van der Waals surface area contributed by atoms with E-state index in [-0.39, 0.29) is 11.7 Å². The highest BCUT2D eigenvalue weighted by atomic mass is 32.1. The number of nitrogens with two attached hydrogens (primary N) is 1. The van der Waals surface area contributed by atoms with Crippen LogP contribution in [-0.4, -0.2) is 23.5 Å². The van der Waals surface area contributed by atoms with Crippen LogP contribution in [0.3, 0.4) is 0 Å². The molecule has 26 heavy (non-hydrogen) atoms. The molecule has 0 saturated carbocycles. The van der Waals surface area contributed by atoms with E-state index < -0.39 is 11.8 Å². The van der Waals surface area contributed by atoms with Gasteiger partial charge in [-0.3, -0.25) is 14.9 Å². The fourth-order valence-corrected chi connectivity index (χ4v) is 3.67. The van der Waals surface area contributed by atoms with E-state index in [0.717, 1.165) is 21.6 Å². The van der Waals surface area contributed by atoms with Crippen molar-refractivity contribution >= 4 is 45.5 Å². The standard InChI is InChI=1S/C18H21N3O3S2/c1-9-5-6-10(2)13(7-9)24-8-14(22)20-18(25)21-17-15(16(19)23)11(3)12(4)26-17/h5-7H,8H2,1-4H3,(H2,19,23)(H2,20,21,22,25). The van der Waals surface area contributed by atoms with Crippen LogP contribution in [0.2, 0.25) is 0 Å². The molecule has 1 heterocycles. The first-order valence-corrected chi connectivity index (χ1v) is 9.12. The highest BCUT2D eigenvalue weighted by molar-refractivity contribution is 7.80. The zero-order valence-electron chi connectivity index (χ0n) is 15.1. The molecule has 0 aliphatic heterocycles. The van der Waals surface area contributed by atoms with Crippen molar-refractivity contribution in [2.45, 2.75) is 27.7 Å². The molecule has 0 fully saturated rings. The van der Waals surface area contributed by atoms with Gasteiger partial charge in [-0.2, -0.15) is 0 Å².